The largest absolute Gasteiger partial charge is 0.297 e. The maximum Gasteiger partial charge on any atom is 0.294 e. The molecular formula is C15H18N4OS. The van der Waals surface area contributed by atoms with Crippen LogP contribution in [0.2, 0.25) is 0 Å². The molecule has 0 bridgehead atoms. The number of hydrazine groups is 1. The van der Waals surface area contributed by atoms with Gasteiger partial charge in [0.05, 0.1) is 5.69 Å². The number of amides is 1. The van der Waals surface area contributed by atoms with Crippen molar-refractivity contribution < 1.29 is 4.79 Å². The third-order valence-corrected chi connectivity index (χ3v) is 4.67. The smallest absolute Gasteiger partial charge is 0.294 e. The van der Waals surface area contributed by atoms with Gasteiger partial charge < -0.3 is 0 Å². The predicted octanol–water partition coefficient (Wildman–Crippen LogP) is 1.35. The minimum atomic E-state index is -0.325. The Kier molecular flexibility index (Phi) is 4.28. The molecule has 21 heavy (non-hydrogen) atoms. The second kappa shape index (κ2) is 6.34. The highest BCUT2D eigenvalue weighted by atomic mass is 32.1. The number of fused-ring (bicyclic) bond motifs is 1. The molecule has 0 unspecified atom stereocenters. The average Bonchev–Trinajstić information content (AvgIpc) is 2.88. The molecule has 1 aromatic heterocycles. The van der Waals surface area contributed by atoms with Crippen molar-refractivity contribution in [2.75, 3.05) is 13.1 Å². The number of nitrogens with zero attached hydrogens (tertiary/aromatic N) is 2. The highest BCUT2D eigenvalue weighted by Gasteiger charge is 2.16. The van der Waals surface area contributed by atoms with E-state index in [-0.39, 0.29) is 5.91 Å². The fraction of sp³-hybridized carbons (Fsp3) is 0.333. The van der Waals surface area contributed by atoms with Crippen molar-refractivity contribution >= 4 is 17.2 Å². The highest BCUT2D eigenvalue weighted by Crippen LogP contribution is 2.18. The second-order valence-electron chi connectivity index (χ2n) is 5.16. The summed E-state index contributed by atoms with van der Waals surface area (Å²) in [6.45, 7) is 2.82. The molecule has 1 aromatic carbocycles. The molecule has 0 fully saturated rings. The van der Waals surface area contributed by atoms with Crippen LogP contribution in [0.25, 0.3) is 0 Å². The molecule has 1 aliphatic rings. The summed E-state index contributed by atoms with van der Waals surface area (Å²) in [5, 5.41) is 2.36. The van der Waals surface area contributed by atoms with Crippen LogP contribution in [0.3, 0.4) is 0 Å². The first-order valence-corrected chi connectivity index (χ1v) is 7.88. The van der Waals surface area contributed by atoms with E-state index in [0.717, 1.165) is 38.2 Å². The minimum absolute atomic E-state index is 0.325. The number of nitrogens with two attached hydrogens (primary N) is 1. The molecule has 0 saturated heterocycles. The monoisotopic (exact) mass is 302 g/mol. The summed E-state index contributed by atoms with van der Waals surface area (Å²) in [5.41, 5.74) is 5.94. The van der Waals surface area contributed by atoms with Crippen molar-refractivity contribution in [2.24, 2.45) is 5.84 Å². The van der Waals surface area contributed by atoms with Gasteiger partial charge in [0.1, 0.15) is 0 Å². The molecule has 0 radical (unpaired) electrons. The normalized spacial score (nSPS) is 15.3. The number of thiazole rings is 1. The highest BCUT2D eigenvalue weighted by molar-refractivity contribution is 7.11. The van der Waals surface area contributed by atoms with Crippen molar-refractivity contribution in [3.05, 3.63) is 51.5 Å². The van der Waals surface area contributed by atoms with Crippen molar-refractivity contribution in [1.29, 1.82) is 0 Å². The number of hydrogen-bond acceptors (Lipinski definition) is 5. The van der Waals surface area contributed by atoms with Gasteiger partial charge in [-0.25, -0.2) is 10.8 Å². The summed E-state index contributed by atoms with van der Waals surface area (Å²) < 4.78 is 0. The zero-order chi connectivity index (χ0) is 14.7. The minimum Gasteiger partial charge on any atom is -0.297 e. The molecule has 3 N–H and O–H groups in total. The van der Waals surface area contributed by atoms with E-state index in [9.17, 15) is 4.79 Å². The van der Waals surface area contributed by atoms with Crippen molar-refractivity contribution in [3.63, 3.8) is 0 Å². The Morgan fingerprint density at radius 2 is 1.95 bits per heavy atom. The number of rotatable bonds is 3. The van der Waals surface area contributed by atoms with Crippen molar-refractivity contribution in [3.8, 4) is 0 Å². The lowest BCUT2D eigenvalue weighted by Gasteiger charge is -2.18. The van der Waals surface area contributed by atoms with Gasteiger partial charge in [-0.1, -0.05) is 24.3 Å². The zero-order valence-corrected chi connectivity index (χ0v) is 12.5. The molecule has 110 valence electrons. The Bertz CT molecular complexity index is 613. The number of benzene rings is 1. The molecule has 0 aliphatic carbocycles. The molecule has 3 rings (SSSR count). The number of aromatic nitrogens is 1. The molecule has 0 atom stereocenters. The number of carbonyl (C=O) groups excluding carboxylic acids is 1. The first kappa shape index (κ1) is 14.2. The van der Waals surface area contributed by atoms with Crippen LogP contribution in [0.15, 0.2) is 29.6 Å². The maximum atomic E-state index is 11.4. The molecule has 1 aliphatic heterocycles. The predicted molar refractivity (Wildman–Crippen MR) is 82.9 cm³/mol. The van der Waals surface area contributed by atoms with E-state index in [0.29, 0.717) is 5.01 Å². The molecule has 6 heteroatoms. The fourth-order valence-corrected chi connectivity index (χ4v) is 3.36. The molecule has 0 spiro atoms. The van der Waals surface area contributed by atoms with Crippen LogP contribution >= 0.6 is 11.3 Å². The number of hydrogen-bond donors (Lipinski definition) is 2. The van der Waals surface area contributed by atoms with Crippen LogP contribution in [0.4, 0.5) is 0 Å². The molecule has 2 aromatic rings. The summed E-state index contributed by atoms with van der Waals surface area (Å²) in [6, 6.07) is 8.63. The van der Waals surface area contributed by atoms with Crippen molar-refractivity contribution in [1.82, 2.24) is 15.3 Å². The Hall–Kier alpha value is -1.76. The molecule has 5 nitrogen and oxygen atoms in total. The third kappa shape index (κ3) is 3.29. The Morgan fingerprint density at radius 1 is 1.29 bits per heavy atom. The van der Waals surface area contributed by atoms with Crippen LogP contribution in [0.5, 0.6) is 0 Å². The van der Waals surface area contributed by atoms with Crippen molar-refractivity contribution in [2.45, 2.75) is 19.4 Å². The quantitative estimate of drug-likeness (QED) is 0.510. The van der Waals surface area contributed by atoms with Gasteiger partial charge in [0, 0.05) is 25.0 Å². The summed E-state index contributed by atoms with van der Waals surface area (Å²) >= 11 is 1.33. The summed E-state index contributed by atoms with van der Waals surface area (Å²) in [6.07, 6.45) is 2.13. The number of nitrogens with one attached hydrogen (secondary N) is 1. The maximum absolute atomic E-state index is 11.4. The first-order valence-electron chi connectivity index (χ1n) is 7.01. The summed E-state index contributed by atoms with van der Waals surface area (Å²) in [7, 11) is 0. The molecule has 0 saturated carbocycles. The second-order valence-corrected chi connectivity index (χ2v) is 6.02. The summed E-state index contributed by atoms with van der Waals surface area (Å²) in [5.74, 6) is 4.80. The van der Waals surface area contributed by atoms with E-state index in [1.54, 1.807) is 0 Å². The van der Waals surface area contributed by atoms with Gasteiger partial charge in [0.15, 0.2) is 5.01 Å². The standard InChI is InChI=1S/C15H18N4OS/c16-18-14(20)15-17-13(10-21-15)9-19-7-5-11-3-1-2-4-12(11)6-8-19/h1-4,10H,5-9,16H2,(H,18,20). The topological polar surface area (TPSA) is 71.2 Å². The van der Waals surface area contributed by atoms with Crippen LogP contribution < -0.4 is 11.3 Å². The van der Waals surface area contributed by atoms with Gasteiger partial charge in [-0.05, 0) is 24.0 Å². The molecular weight excluding hydrogens is 284 g/mol. The third-order valence-electron chi connectivity index (χ3n) is 3.78. The van der Waals surface area contributed by atoms with Gasteiger partial charge in [-0.2, -0.15) is 0 Å². The lowest BCUT2D eigenvalue weighted by molar-refractivity contribution is 0.0953. The van der Waals surface area contributed by atoms with Crippen LogP contribution in [-0.2, 0) is 19.4 Å². The van der Waals surface area contributed by atoms with Gasteiger partial charge in [0.25, 0.3) is 5.91 Å². The van der Waals surface area contributed by atoms with E-state index in [4.69, 9.17) is 5.84 Å². The van der Waals surface area contributed by atoms with Gasteiger partial charge in [-0.3, -0.25) is 15.1 Å². The summed E-state index contributed by atoms with van der Waals surface area (Å²) in [4.78, 5) is 18.1. The van der Waals surface area contributed by atoms with Gasteiger partial charge in [0.2, 0.25) is 0 Å². The molecule has 1 amide bonds. The van der Waals surface area contributed by atoms with E-state index in [1.807, 2.05) is 5.38 Å². The lowest BCUT2D eigenvalue weighted by Crippen LogP contribution is -2.30. The zero-order valence-electron chi connectivity index (χ0n) is 11.7. The average molecular weight is 302 g/mol. The van der Waals surface area contributed by atoms with Gasteiger partial charge >= 0.3 is 0 Å². The fourth-order valence-electron chi connectivity index (χ4n) is 2.65. The Labute approximate surface area is 127 Å². The Balaban J connectivity index is 1.64. The lowest BCUT2D eigenvalue weighted by atomic mass is 10.0. The van der Waals surface area contributed by atoms with E-state index >= 15 is 0 Å². The number of nitrogen functional groups attached to an aromatic ring is 1. The van der Waals surface area contributed by atoms with Crippen LogP contribution in [0, 0.1) is 0 Å². The van der Waals surface area contributed by atoms with E-state index in [2.05, 4.69) is 39.6 Å². The Morgan fingerprint density at radius 3 is 2.57 bits per heavy atom. The van der Waals surface area contributed by atoms with Crippen LogP contribution in [0.1, 0.15) is 26.6 Å². The van der Waals surface area contributed by atoms with E-state index < -0.39 is 0 Å². The first-order chi connectivity index (χ1) is 10.3. The van der Waals surface area contributed by atoms with E-state index in [1.165, 1.54) is 22.5 Å². The molecule has 2 heterocycles. The number of carbonyl (C=O) groups is 1. The van der Waals surface area contributed by atoms with Gasteiger partial charge in [-0.15, -0.1) is 11.3 Å². The van der Waals surface area contributed by atoms with Crippen LogP contribution in [-0.4, -0.2) is 28.9 Å². The SMILES string of the molecule is NNC(=O)c1nc(CN2CCc3ccccc3CC2)cs1.